The number of amidine groups is 1. The van der Waals surface area contributed by atoms with Crippen LogP contribution >= 0.6 is 0 Å². The molecule has 2 amide bonds. The number of aromatic nitrogens is 4. The number of anilines is 1. The van der Waals surface area contributed by atoms with E-state index in [-0.39, 0.29) is 23.6 Å². The minimum Gasteiger partial charge on any atom is -0.368 e. The number of rotatable bonds is 7. The van der Waals surface area contributed by atoms with E-state index in [1.165, 1.54) is 0 Å². The van der Waals surface area contributed by atoms with E-state index in [2.05, 4.69) is 25.3 Å². The second-order valence-corrected chi connectivity index (χ2v) is 10.0. The highest BCUT2D eigenvalue weighted by atomic mass is 16.2. The van der Waals surface area contributed by atoms with Crippen LogP contribution < -0.4 is 11.1 Å². The summed E-state index contributed by atoms with van der Waals surface area (Å²) in [4.78, 5) is 36.7. The molecule has 0 bridgehead atoms. The van der Waals surface area contributed by atoms with Crippen LogP contribution in [0.2, 0.25) is 0 Å². The van der Waals surface area contributed by atoms with Crippen molar-refractivity contribution in [2.24, 2.45) is 0 Å². The van der Waals surface area contributed by atoms with Crippen LogP contribution in [0, 0.1) is 5.41 Å². The van der Waals surface area contributed by atoms with Gasteiger partial charge in [-0.15, -0.1) is 0 Å². The van der Waals surface area contributed by atoms with Crippen molar-refractivity contribution < 1.29 is 9.59 Å². The lowest BCUT2D eigenvalue weighted by Crippen LogP contribution is -2.50. The molecule has 11 nitrogen and oxygen atoms in total. The molecule has 1 saturated heterocycles. The zero-order valence-electron chi connectivity index (χ0n) is 21.6. The van der Waals surface area contributed by atoms with Gasteiger partial charge in [0, 0.05) is 63.8 Å². The summed E-state index contributed by atoms with van der Waals surface area (Å²) in [5.74, 6) is 0.247. The molecule has 11 heteroatoms. The van der Waals surface area contributed by atoms with Crippen LogP contribution in [0.1, 0.15) is 42.1 Å². The Kier molecular flexibility index (Phi) is 7.19. The second-order valence-electron chi connectivity index (χ2n) is 10.0. The van der Waals surface area contributed by atoms with Gasteiger partial charge in [0.15, 0.2) is 0 Å². The first-order valence-electron chi connectivity index (χ1n) is 12.9. The lowest BCUT2D eigenvalue weighted by molar-refractivity contribution is -0.130. The third-order valence-corrected chi connectivity index (χ3v) is 7.73. The summed E-state index contributed by atoms with van der Waals surface area (Å²) in [5, 5.41) is 16.0. The van der Waals surface area contributed by atoms with E-state index in [1.54, 1.807) is 36.4 Å². The smallest absolute Gasteiger partial charge is 0.259 e. The highest BCUT2D eigenvalue weighted by Gasteiger charge is 2.43. The summed E-state index contributed by atoms with van der Waals surface area (Å²) in [7, 11) is 0. The minimum atomic E-state index is -0.496. The first kappa shape index (κ1) is 25.5. The van der Waals surface area contributed by atoms with Crippen LogP contribution in [0.4, 0.5) is 5.95 Å². The second kappa shape index (κ2) is 10.7. The topological polar surface area (TPSA) is 146 Å². The number of nitrogens with two attached hydrogens (primary N) is 1. The molecule has 0 spiro atoms. The van der Waals surface area contributed by atoms with Gasteiger partial charge in [-0.2, -0.15) is 5.10 Å². The molecule has 38 heavy (non-hydrogen) atoms. The molecule has 5 rings (SSSR count). The number of piperazine rings is 1. The first-order chi connectivity index (χ1) is 18.3. The van der Waals surface area contributed by atoms with Gasteiger partial charge in [-0.25, -0.2) is 9.97 Å². The third kappa shape index (κ3) is 5.28. The van der Waals surface area contributed by atoms with E-state index in [9.17, 15) is 9.59 Å². The van der Waals surface area contributed by atoms with Gasteiger partial charge >= 0.3 is 0 Å². The summed E-state index contributed by atoms with van der Waals surface area (Å²) in [6, 6.07) is 8.01. The van der Waals surface area contributed by atoms with Crippen molar-refractivity contribution in [3.63, 3.8) is 0 Å². The van der Waals surface area contributed by atoms with Gasteiger partial charge < -0.3 is 16.0 Å². The van der Waals surface area contributed by atoms with Gasteiger partial charge in [0.1, 0.15) is 5.84 Å². The van der Waals surface area contributed by atoms with Crippen LogP contribution in [-0.4, -0.2) is 79.9 Å². The van der Waals surface area contributed by atoms with Gasteiger partial charge in [-0.1, -0.05) is 30.7 Å². The summed E-state index contributed by atoms with van der Waals surface area (Å²) in [6.45, 7) is 6.21. The SMILES string of the molecule is CC(=O)N1CCN(CCn2cc(C(=O)NC(=N)C3(c4ccc(-c5cnc(N)nc5)cc4)CCC3)cn2)CC1. The van der Waals surface area contributed by atoms with Crippen LogP contribution in [-0.2, 0) is 16.8 Å². The Morgan fingerprint density at radius 3 is 2.29 bits per heavy atom. The predicted octanol–water partition coefficient (Wildman–Crippen LogP) is 1.92. The highest BCUT2D eigenvalue weighted by Crippen LogP contribution is 2.44. The molecule has 3 aromatic rings. The normalized spacial score (nSPS) is 17.0. The van der Waals surface area contributed by atoms with Crippen LogP contribution in [0.15, 0.2) is 49.1 Å². The summed E-state index contributed by atoms with van der Waals surface area (Å²) < 4.78 is 1.76. The Labute approximate surface area is 221 Å². The molecule has 4 N–H and O–H groups in total. The van der Waals surface area contributed by atoms with E-state index in [0.717, 1.165) is 68.7 Å². The number of nitrogens with one attached hydrogen (secondary N) is 2. The molecule has 2 aliphatic rings. The Balaban J connectivity index is 1.18. The quantitative estimate of drug-likeness (QED) is 0.322. The average Bonchev–Trinajstić information content (AvgIpc) is 3.37. The van der Waals surface area contributed by atoms with Crippen molar-refractivity contribution in [1.29, 1.82) is 5.41 Å². The number of nitrogens with zero attached hydrogens (tertiary/aromatic N) is 6. The Hall–Kier alpha value is -4.12. The maximum absolute atomic E-state index is 13.0. The molecule has 1 aromatic carbocycles. The summed E-state index contributed by atoms with van der Waals surface area (Å²) >= 11 is 0. The number of hydrogen-bond acceptors (Lipinski definition) is 8. The molecule has 0 atom stereocenters. The number of amides is 2. The maximum Gasteiger partial charge on any atom is 0.259 e. The van der Waals surface area contributed by atoms with Crippen molar-refractivity contribution in [2.45, 2.75) is 38.1 Å². The number of carbonyl (C=O) groups is 2. The van der Waals surface area contributed by atoms with Gasteiger partial charge in [-0.3, -0.25) is 24.6 Å². The fourth-order valence-electron chi connectivity index (χ4n) is 5.12. The molecule has 2 aromatic heterocycles. The van der Waals surface area contributed by atoms with E-state index in [4.69, 9.17) is 11.1 Å². The molecule has 1 aliphatic carbocycles. The Morgan fingerprint density at radius 2 is 1.68 bits per heavy atom. The molecule has 3 heterocycles. The Bertz CT molecular complexity index is 1310. The molecule has 0 radical (unpaired) electrons. The van der Waals surface area contributed by atoms with Crippen LogP contribution in [0.3, 0.4) is 0 Å². The van der Waals surface area contributed by atoms with Crippen molar-refractivity contribution in [2.75, 3.05) is 38.5 Å². The molecule has 198 valence electrons. The molecule has 2 fully saturated rings. The van der Waals surface area contributed by atoms with Crippen molar-refractivity contribution in [3.8, 4) is 11.1 Å². The monoisotopic (exact) mass is 515 g/mol. The zero-order chi connectivity index (χ0) is 26.7. The van der Waals surface area contributed by atoms with E-state index >= 15 is 0 Å². The predicted molar refractivity (Wildman–Crippen MR) is 144 cm³/mol. The number of nitrogen functional groups attached to an aromatic ring is 1. The van der Waals surface area contributed by atoms with Gasteiger partial charge in [-0.05, 0) is 24.0 Å². The molecule has 1 aliphatic heterocycles. The lowest BCUT2D eigenvalue weighted by Gasteiger charge is -2.42. The summed E-state index contributed by atoms with van der Waals surface area (Å²) in [6.07, 6.45) is 9.28. The summed E-state index contributed by atoms with van der Waals surface area (Å²) in [5.41, 5.74) is 8.37. The van der Waals surface area contributed by atoms with Gasteiger partial charge in [0.05, 0.1) is 23.7 Å². The van der Waals surface area contributed by atoms with Crippen LogP contribution in [0.5, 0.6) is 0 Å². The average molecular weight is 516 g/mol. The zero-order valence-corrected chi connectivity index (χ0v) is 21.6. The molecular weight excluding hydrogens is 482 g/mol. The van der Waals surface area contributed by atoms with E-state index < -0.39 is 5.41 Å². The van der Waals surface area contributed by atoms with Crippen LogP contribution in [0.25, 0.3) is 11.1 Å². The fraction of sp³-hybridized carbons (Fsp3) is 0.407. The van der Waals surface area contributed by atoms with E-state index in [0.29, 0.717) is 12.1 Å². The number of hydrogen-bond donors (Lipinski definition) is 3. The minimum absolute atomic E-state index is 0.118. The lowest BCUT2D eigenvalue weighted by atomic mass is 9.63. The number of benzene rings is 1. The van der Waals surface area contributed by atoms with Crippen molar-refractivity contribution in [1.82, 2.24) is 34.9 Å². The van der Waals surface area contributed by atoms with E-state index in [1.807, 2.05) is 29.2 Å². The largest absolute Gasteiger partial charge is 0.368 e. The number of carbonyl (C=O) groups excluding carboxylic acids is 2. The van der Waals surface area contributed by atoms with Gasteiger partial charge in [0.25, 0.3) is 5.91 Å². The van der Waals surface area contributed by atoms with Crippen molar-refractivity contribution in [3.05, 3.63) is 60.2 Å². The standard InChI is InChI=1S/C27H33N9O2/c1-19(37)35-12-9-34(10-13-35)11-14-36-18-22(17-32-36)24(38)33-25(28)27(7-2-8-27)23-5-3-20(4-6-23)21-15-30-26(29)31-16-21/h3-6,15-18H,2,7-14H2,1H3,(H2,28,33,38)(H2,29,30,31). The maximum atomic E-state index is 13.0. The molecule has 1 saturated carbocycles. The fourth-order valence-corrected chi connectivity index (χ4v) is 5.12. The highest BCUT2D eigenvalue weighted by molar-refractivity contribution is 6.09. The molecular formula is C27H33N9O2. The molecule has 0 unspecified atom stereocenters. The third-order valence-electron chi connectivity index (χ3n) is 7.73. The van der Waals surface area contributed by atoms with Crippen molar-refractivity contribution >= 4 is 23.6 Å². The first-order valence-corrected chi connectivity index (χ1v) is 12.9. The Morgan fingerprint density at radius 1 is 1.00 bits per heavy atom. The van der Waals surface area contributed by atoms with Gasteiger partial charge in [0.2, 0.25) is 11.9 Å².